The molecular weight excluding hydrogens is 382 g/mol. The number of aromatic nitrogens is 2. The van der Waals surface area contributed by atoms with Crippen LogP contribution in [0.2, 0.25) is 0 Å². The number of rotatable bonds is 5. The number of hydrogen-bond acceptors (Lipinski definition) is 7. The Morgan fingerprint density at radius 3 is 2.73 bits per heavy atom. The van der Waals surface area contributed by atoms with Gasteiger partial charge in [0.25, 0.3) is 5.91 Å². The zero-order valence-corrected chi connectivity index (χ0v) is 17.9. The Morgan fingerprint density at radius 2 is 2.00 bits per heavy atom. The topological polar surface area (TPSA) is 79.8 Å². The van der Waals surface area contributed by atoms with Crippen LogP contribution < -0.4 is 15.0 Å². The number of hydrogen-bond donors (Lipinski definition) is 1. The van der Waals surface area contributed by atoms with Crippen molar-refractivity contribution in [2.24, 2.45) is 0 Å². The molecule has 0 radical (unpaired) electrons. The van der Waals surface area contributed by atoms with Gasteiger partial charge < -0.3 is 24.6 Å². The zero-order chi connectivity index (χ0) is 21.1. The van der Waals surface area contributed by atoms with E-state index in [0.717, 1.165) is 36.1 Å². The van der Waals surface area contributed by atoms with Crippen molar-refractivity contribution in [2.75, 3.05) is 50.2 Å². The highest BCUT2D eigenvalue weighted by molar-refractivity contribution is 5.94. The summed E-state index contributed by atoms with van der Waals surface area (Å²) in [4.78, 5) is 26.8. The van der Waals surface area contributed by atoms with Crippen molar-refractivity contribution >= 4 is 17.7 Å². The molecule has 1 N–H and O–H groups in total. The minimum atomic E-state index is -0.00713. The number of anilines is 2. The number of carbonyl (C=O) groups is 1. The molecule has 4 rings (SSSR count). The Bertz CT molecular complexity index is 912. The minimum absolute atomic E-state index is 0.00713. The molecule has 1 amide bonds. The SMILES string of the molecule is COc1cccc(C(=O)N2CCc3nc(N4CCOCC4)nc(NC(C)C)c3C2)c1. The molecule has 8 nitrogen and oxygen atoms in total. The predicted octanol–water partition coefficient (Wildman–Crippen LogP) is 2.34. The molecule has 0 aliphatic carbocycles. The molecule has 3 heterocycles. The fraction of sp³-hybridized carbons (Fsp3) is 0.500. The third-order valence-electron chi connectivity index (χ3n) is 5.37. The number of ether oxygens (including phenoxy) is 2. The quantitative estimate of drug-likeness (QED) is 0.809. The molecule has 8 heteroatoms. The number of carbonyl (C=O) groups excluding carboxylic acids is 1. The molecular formula is C22H29N5O3. The lowest BCUT2D eigenvalue weighted by molar-refractivity contribution is 0.0733. The Hall–Kier alpha value is -2.87. The second-order valence-electron chi connectivity index (χ2n) is 7.90. The van der Waals surface area contributed by atoms with Crippen molar-refractivity contribution in [3.8, 4) is 5.75 Å². The lowest BCUT2D eigenvalue weighted by atomic mass is 10.0. The summed E-state index contributed by atoms with van der Waals surface area (Å²) in [6.07, 6.45) is 0.706. The molecule has 0 saturated carbocycles. The average molecular weight is 412 g/mol. The number of fused-ring (bicyclic) bond motifs is 1. The Morgan fingerprint density at radius 1 is 1.20 bits per heavy atom. The first-order chi connectivity index (χ1) is 14.5. The largest absolute Gasteiger partial charge is 0.497 e. The van der Waals surface area contributed by atoms with Gasteiger partial charge in [0.1, 0.15) is 11.6 Å². The van der Waals surface area contributed by atoms with E-state index in [9.17, 15) is 4.79 Å². The molecule has 1 saturated heterocycles. The zero-order valence-electron chi connectivity index (χ0n) is 17.9. The minimum Gasteiger partial charge on any atom is -0.497 e. The molecule has 160 valence electrons. The van der Waals surface area contributed by atoms with Crippen LogP contribution in [0.5, 0.6) is 5.75 Å². The van der Waals surface area contributed by atoms with Crippen LogP contribution in [0.4, 0.5) is 11.8 Å². The van der Waals surface area contributed by atoms with Crippen molar-refractivity contribution in [1.82, 2.24) is 14.9 Å². The fourth-order valence-electron chi connectivity index (χ4n) is 3.81. The van der Waals surface area contributed by atoms with Gasteiger partial charge in [-0.3, -0.25) is 4.79 Å². The van der Waals surface area contributed by atoms with E-state index in [4.69, 9.17) is 19.4 Å². The van der Waals surface area contributed by atoms with E-state index >= 15 is 0 Å². The van der Waals surface area contributed by atoms with Crippen LogP contribution in [0.1, 0.15) is 35.5 Å². The highest BCUT2D eigenvalue weighted by atomic mass is 16.5. The molecule has 30 heavy (non-hydrogen) atoms. The predicted molar refractivity (Wildman–Crippen MR) is 115 cm³/mol. The molecule has 0 atom stereocenters. The van der Waals surface area contributed by atoms with Gasteiger partial charge in [-0.25, -0.2) is 4.98 Å². The normalized spacial score (nSPS) is 16.4. The van der Waals surface area contributed by atoms with Gasteiger partial charge in [0.2, 0.25) is 5.95 Å². The molecule has 1 aromatic carbocycles. The van der Waals surface area contributed by atoms with Crippen LogP contribution in [0.3, 0.4) is 0 Å². The highest BCUT2D eigenvalue weighted by Crippen LogP contribution is 2.28. The van der Waals surface area contributed by atoms with Crippen LogP contribution in [-0.4, -0.2) is 66.8 Å². The van der Waals surface area contributed by atoms with Crippen LogP contribution in [0, 0.1) is 0 Å². The van der Waals surface area contributed by atoms with Crippen molar-refractivity contribution in [1.29, 1.82) is 0 Å². The Balaban J connectivity index is 1.61. The number of morpholine rings is 1. The van der Waals surface area contributed by atoms with Gasteiger partial charge in [-0.2, -0.15) is 4.98 Å². The standard InChI is InChI=1S/C22H29N5O3/c1-15(2)23-20-18-14-27(21(28)16-5-4-6-17(13-16)29-3)8-7-19(18)24-22(25-20)26-9-11-30-12-10-26/h4-6,13,15H,7-12,14H2,1-3H3,(H,23,24,25). The molecule has 1 fully saturated rings. The van der Waals surface area contributed by atoms with Crippen LogP contribution in [-0.2, 0) is 17.7 Å². The van der Waals surface area contributed by atoms with Gasteiger partial charge in [-0.1, -0.05) is 6.07 Å². The van der Waals surface area contributed by atoms with E-state index < -0.39 is 0 Å². The van der Waals surface area contributed by atoms with Gasteiger partial charge in [-0.15, -0.1) is 0 Å². The number of nitrogens with zero attached hydrogens (tertiary/aromatic N) is 4. The van der Waals surface area contributed by atoms with Crippen molar-refractivity contribution in [3.05, 3.63) is 41.1 Å². The average Bonchev–Trinajstić information content (AvgIpc) is 2.78. The summed E-state index contributed by atoms with van der Waals surface area (Å²) in [7, 11) is 1.61. The summed E-state index contributed by atoms with van der Waals surface area (Å²) < 4.78 is 10.7. The van der Waals surface area contributed by atoms with E-state index in [0.29, 0.717) is 44.0 Å². The number of nitrogens with one attached hydrogen (secondary N) is 1. The fourth-order valence-corrected chi connectivity index (χ4v) is 3.81. The lowest BCUT2D eigenvalue weighted by Crippen LogP contribution is -2.40. The Labute approximate surface area is 177 Å². The molecule has 0 bridgehead atoms. The van der Waals surface area contributed by atoms with Gasteiger partial charge in [-0.05, 0) is 32.0 Å². The number of benzene rings is 1. The first kappa shape index (κ1) is 20.4. The molecule has 0 unspecified atom stereocenters. The molecule has 0 spiro atoms. The van der Waals surface area contributed by atoms with E-state index in [1.54, 1.807) is 13.2 Å². The van der Waals surface area contributed by atoms with Gasteiger partial charge in [0.15, 0.2) is 0 Å². The third-order valence-corrected chi connectivity index (χ3v) is 5.37. The van der Waals surface area contributed by atoms with Crippen molar-refractivity contribution in [2.45, 2.75) is 32.9 Å². The van der Waals surface area contributed by atoms with Crippen LogP contribution in [0.25, 0.3) is 0 Å². The summed E-state index contributed by atoms with van der Waals surface area (Å²) in [6, 6.07) is 7.52. The van der Waals surface area contributed by atoms with Crippen LogP contribution in [0.15, 0.2) is 24.3 Å². The smallest absolute Gasteiger partial charge is 0.254 e. The molecule has 2 aromatic rings. The second-order valence-corrected chi connectivity index (χ2v) is 7.90. The monoisotopic (exact) mass is 411 g/mol. The van der Waals surface area contributed by atoms with Crippen molar-refractivity contribution < 1.29 is 14.3 Å². The van der Waals surface area contributed by atoms with Crippen LogP contribution >= 0.6 is 0 Å². The maximum absolute atomic E-state index is 13.1. The summed E-state index contributed by atoms with van der Waals surface area (Å²) in [5.74, 6) is 2.23. The van der Waals surface area contributed by atoms with Gasteiger partial charge in [0, 0.05) is 43.2 Å². The Kier molecular flexibility index (Phi) is 6.03. The maximum Gasteiger partial charge on any atom is 0.254 e. The van der Waals surface area contributed by atoms with Gasteiger partial charge in [0.05, 0.1) is 32.6 Å². The third kappa shape index (κ3) is 4.33. The molecule has 2 aliphatic heterocycles. The number of methoxy groups -OCH3 is 1. The van der Waals surface area contributed by atoms with E-state index in [1.807, 2.05) is 23.1 Å². The van der Waals surface area contributed by atoms with E-state index in [-0.39, 0.29) is 11.9 Å². The van der Waals surface area contributed by atoms with E-state index in [1.165, 1.54) is 0 Å². The molecule has 2 aliphatic rings. The maximum atomic E-state index is 13.1. The second kappa shape index (κ2) is 8.87. The molecule has 1 aromatic heterocycles. The number of amides is 1. The highest BCUT2D eigenvalue weighted by Gasteiger charge is 2.28. The van der Waals surface area contributed by atoms with Gasteiger partial charge >= 0.3 is 0 Å². The first-order valence-corrected chi connectivity index (χ1v) is 10.5. The summed E-state index contributed by atoms with van der Waals surface area (Å²) in [5, 5.41) is 3.46. The summed E-state index contributed by atoms with van der Waals surface area (Å²) >= 11 is 0. The van der Waals surface area contributed by atoms with E-state index in [2.05, 4.69) is 24.1 Å². The summed E-state index contributed by atoms with van der Waals surface area (Å²) in [5.41, 5.74) is 2.65. The lowest BCUT2D eigenvalue weighted by Gasteiger charge is -2.32. The summed E-state index contributed by atoms with van der Waals surface area (Å²) in [6.45, 7) is 8.26. The first-order valence-electron chi connectivity index (χ1n) is 10.5. The van der Waals surface area contributed by atoms with Crippen molar-refractivity contribution in [3.63, 3.8) is 0 Å².